The largest absolute Gasteiger partial charge is 0.480 e. The van der Waals surface area contributed by atoms with Crippen LogP contribution in [-0.4, -0.2) is 117 Å². The highest BCUT2D eigenvalue weighted by atomic mass is 16.4. The standard InChI is InChI=1S/C29H38N14O7/c1-15(30)25(45)35-10-24(44)40-20(2-16-6-31-11-36-16)26(46)41-21(3-17-7-32-12-37-17)27(47)42-22(4-18-8-33-13-38-18)28(48)43-23(29(49)50)5-19-9-34-14-39-19/h6-9,11-15,20-23H,2-5,10,30H2,1H3,(H,31,36)(H,32,37)(H,33,38)(H,34,39)(H,35,45)(H,40,44)(H,41,46)(H,42,47)(H,43,48)(H,49,50)/t15-,20-,21-,22-,23-/m0/s1. The highest BCUT2D eigenvalue weighted by Gasteiger charge is 2.33. The zero-order valence-electron chi connectivity index (χ0n) is 26.8. The number of H-pyrrole nitrogens is 4. The molecule has 0 aliphatic carbocycles. The molecule has 4 aromatic heterocycles. The summed E-state index contributed by atoms with van der Waals surface area (Å²) in [6, 6.07) is -6.17. The van der Waals surface area contributed by atoms with Crippen molar-refractivity contribution in [2.45, 2.75) is 62.8 Å². The maximum absolute atomic E-state index is 13.9. The fraction of sp³-hybridized carbons (Fsp3) is 0.379. The lowest BCUT2D eigenvalue weighted by Gasteiger charge is -2.25. The Morgan fingerprint density at radius 1 is 0.600 bits per heavy atom. The second-order valence-electron chi connectivity index (χ2n) is 11.2. The van der Waals surface area contributed by atoms with Gasteiger partial charge in [-0.1, -0.05) is 0 Å². The summed E-state index contributed by atoms with van der Waals surface area (Å²) in [5.41, 5.74) is 7.10. The molecule has 0 bridgehead atoms. The number of nitrogens with two attached hydrogens (primary N) is 1. The molecular weight excluding hydrogens is 656 g/mol. The maximum Gasteiger partial charge on any atom is 0.326 e. The van der Waals surface area contributed by atoms with Crippen LogP contribution in [0.4, 0.5) is 0 Å². The van der Waals surface area contributed by atoms with Crippen molar-refractivity contribution >= 4 is 35.5 Å². The molecule has 0 saturated heterocycles. The van der Waals surface area contributed by atoms with Gasteiger partial charge in [0.1, 0.15) is 24.2 Å². The maximum atomic E-state index is 13.9. The molecule has 0 aliphatic rings. The van der Waals surface area contributed by atoms with Crippen LogP contribution in [0.3, 0.4) is 0 Å². The number of rotatable bonds is 19. The lowest BCUT2D eigenvalue weighted by atomic mass is 10.1. The van der Waals surface area contributed by atoms with Crippen LogP contribution in [0.25, 0.3) is 0 Å². The Balaban J connectivity index is 1.53. The van der Waals surface area contributed by atoms with E-state index >= 15 is 0 Å². The number of carboxylic acids is 1. The fourth-order valence-electron chi connectivity index (χ4n) is 4.67. The Hall–Kier alpha value is -6.38. The zero-order valence-corrected chi connectivity index (χ0v) is 26.8. The molecule has 0 unspecified atom stereocenters. The van der Waals surface area contributed by atoms with Gasteiger partial charge in [-0.3, -0.25) is 24.0 Å². The number of amides is 5. The zero-order chi connectivity index (χ0) is 36.0. The van der Waals surface area contributed by atoms with Crippen LogP contribution in [0.2, 0.25) is 0 Å². The molecule has 0 aromatic carbocycles. The first kappa shape index (κ1) is 36.5. The summed E-state index contributed by atoms with van der Waals surface area (Å²) in [6.07, 6.45) is 11.0. The number of nitrogens with zero attached hydrogens (tertiary/aromatic N) is 4. The number of aliphatic carboxylic acids is 1. The van der Waals surface area contributed by atoms with Crippen molar-refractivity contribution in [1.82, 2.24) is 66.5 Å². The number of imidazole rings is 4. The molecule has 5 amide bonds. The monoisotopic (exact) mass is 694 g/mol. The van der Waals surface area contributed by atoms with Gasteiger partial charge in [0.15, 0.2) is 0 Å². The van der Waals surface area contributed by atoms with E-state index in [9.17, 15) is 33.9 Å². The lowest BCUT2D eigenvalue weighted by Crippen LogP contribution is -2.59. The molecule has 12 N–H and O–H groups in total. The predicted molar refractivity (Wildman–Crippen MR) is 171 cm³/mol. The summed E-state index contributed by atoms with van der Waals surface area (Å²) in [5.74, 6) is -5.03. The van der Waals surface area contributed by atoms with Crippen LogP contribution >= 0.6 is 0 Å². The first-order valence-corrected chi connectivity index (χ1v) is 15.4. The second kappa shape index (κ2) is 17.7. The second-order valence-corrected chi connectivity index (χ2v) is 11.2. The normalized spacial score (nSPS) is 14.0. The third-order valence-corrected chi connectivity index (χ3v) is 7.24. The molecule has 0 aliphatic heterocycles. The van der Waals surface area contributed by atoms with E-state index in [1.54, 1.807) is 0 Å². The van der Waals surface area contributed by atoms with Gasteiger partial charge in [0.2, 0.25) is 29.5 Å². The molecule has 0 radical (unpaired) electrons. The van der Waals surface area contributed by atoms with Crippen LogP contribution in [0, 0.1) is 0 Å². The molecular formula is C29H38N14O7. The Bertz CT molecular complexity index is 1690. The number of aromatic nitrogens is 8. The Kier molecular flexibility index (Phi) is 12.9. The smallest absolute Gasteiger partial charge is 0.326 e. The minimum Gasteiger partial charge on any atom is -0.480 e. The summed E-state index contributed by atoms with van der Waals surface area (Å²) < 4.78 is 0. The Morgan fingerprint density at radius 3 is 1.26 bits per heavy atom. The van der Waals surface area contributed by atoms with E-state index in [0.717, 1.165) is 0 Å². The Labute approximate surface area is 283 Å². The molecule has 5 atom stereocenters. The summed E-state index contributed by atoms with van der Waals surface area (Å²) in [7, 11) is 0. The Morgan fingerprint density at radius 2 is 0.940 bits per heavy atom. The van der Waals surface area contributed by atoms with Gasteiger partial charge in [-0.25, -0.2) is 24.7 Å². The lowest BCUT2D eigenvalue weighted by molar-refractivity contribution is -0.142. The average Bonchev–Trinajstić information content (AvgIpc) is 3.92. The molecule has 21 heteroatoms. The van der Waals surface area contributed by atoms with Crippen molar-refractivity contribution in [1.29, 1.82) is 0 Å². The summed E-state index contributed by atoms with van der Waals surface area (Å²) >= 11 is 0. The third-order valence-electron chi connectivity index (χ3n) is 7.24. The number of nitrogens with one attached hydrogen (secondary N) is 9. The quantitative estimate of drug-likeness (QED) is 0.0452. The average molecular weight is 695 g/mol. The highest BCUT2D eigenvalue weighted by molar-refractivity contribution is 5.96. The van der Waals surface area contributed by atoms with Crippen LogP contribution in [0.5, 0.6) is 0 Å². The predicted octanol–water partition coefficient (Wildman–Crippen LogP) is -3.66. The molecule has 266 valence electrons. The van der Waals surface area contributed by atoms with E-state index in [4.69, 9.17) is 5.73 Å². The van der Waals surface area contributed by atoms with Gasteiger partial charge in [0, 0.05) is 50.5 Å². The fourth-order valence-corrected chi connectivity index (χ4v) is 4.67. The number of hydrogen-bond donors (Lipinski definition) is 11. The first-order chi connectivity index (χ1) is 24.0. The molecule has 0 saturated carbocycles. The van der Waals surface area contributed by atoms with Crippen molar-refractivity contribution < 1.29 is 33.9 Å². The molecule has 0 fully saturated rings. The summed E-state index contributed by atoms with van der Waals surface area (Å²) in [4.78, 5) is 105. The van der Waals surface area contributed by atoms with E-state index in [-0.39, 0.29) is 25.7 Å². The van der Waals surface area contributed by atoms with Gasteiger partial charge in [-0.05, 0) is 6.92 Å². The van der Waals surface area contributed by atoms with Gasteiger partial charge in [0.05, 0.1) is 60.7 Å². The van der Waals surface area contributed by atoms with Crippen LogP contribution in [0.15, 0.2) is 50.1 Å². The van der Waals surface area contributed by atoms with E-state index in [1.165, 1.54) is 57.0 Å². The van der Waals surface area contributed by atoms with Crippen molar-refractivity contribution in [2.24, 2.45) is 5.73 Å². The molecule has 4 rings (SSSR count). The van der Waals surface area contributed by atoms with Crippen LogP contribution in [0.1, 0.15) is 29.7 Å². The van der Waals surface area contributed by atoms with E-state index in [2.05, 4.69) is 66.5 Å². The highest BCUT2D eigenvalue weighted by Crippen LogP contribution is 2.07. The molecule has 4 aromatic rings. The number of aromatic amines is 4. The van der Waals surface area contributed by atoms with Gasteiger partial charge in [-0.2, -0.15) is 0 Å². The minimum atomic E-state index is -1.38. The number of carboxylic acid groups (broad SMARTS) is 1. The van der Waals surface area contributed by atoms with Crippen LogP contribution in [-0.2, 0) is 54.5 Å². The van der Waals surface area contributed by atoms with Crippen LogP contribution < -0.4 is 32.3 Å². The van der Waals surface area contributed by atoms with Gasteiger partial charge in [-0.15, -0.1) is 0 Å². The molecule has 0 spiro atoms. The van der Waals surface area contributed by atoms with Crippen molar-refractivity contribution in [3.05, 3.63) is 72.9 Å². The summed E-state index contributed by atoms with van der Waals surface area (Å²) in [5, 5.41) is 22.4. The van der Waals surface area contributed by atoms with Crippen molar-refractivity contribution in [3.63, 3.8) is 0 Å². The SMILES string of the molecule is C[C@H](N)C(=O)NCC(=O)N[C@@H](Cc1c[nH]cn1)C(=O)N[C@@H](Cc1c[nH]cn1)C(=O)N[C@@H](Cc1c[nH]cn1)C(=O)N[C@@H](Cc1c[nH]cn1)C(=O)O. The third kappa shape index (κ3) is 11.1. The number of carbonyl (C=O) groups is 6. The number of carbonyl (C=O) groups excluding carboxylic acids is 5. The molecule has 21 nitrogen and oxygen atoms in total. The number of hydrogen-bond acceptors (Lipinski definition) is 11. The van der Waals surface area contributed by atoms with E-state index < -0.39 is 72.3 Å². The minimum absolute atomic E-state index is 0.0875. The molecule has 4 heterocycles. The molecule has 50 heavy (non-hydrogen) atoms. The van der Waals surface area contributed by atoms with Gasteiger partial charge in [0.25, 0.3) is 0 Å². The topological polar surface area (TPSA) is 324 Å². The first-order valence-electron chi connectivity index (χ1n) is 15.4. The van der Waals surface area contributed by atoms with E-state index in [1.807, 2.05) is 0 Å². The van der Waals surface area contributed by atoms with Gasteiger partial charge >= 0.3 is 5.97 Å². The van der Waals surface area contributed by atoms with Crippen molar-refractivity contribution in [3.8, 4) is 0 Å². The summed E-state index contributed by atoms with van der Waals surface area (Å²) in [6.45, 7) is 0.976. The van der Waals surface area contributed by atoms with E-state index in [0.29, 0.717) is 22.8 Å². The van der Waals surface area contributed by atoms with Gasteiger partial charge < -0.3 is 57.4 Å². The van der Waals surface area contributed by atoms with Crippen molar-refractivity contribution in [2.75, 3.05) is 6.54 Å².